The number of morpholine rings is 1. The minimum Gasteiger partial charge on any atom is -0.379 e. The third-order valence-electron chi connectivity index (χ3n) is 2.90. The molecule has 0 radical (unpaired) electrons. The molecule has 18 heavy (non-hydrogen) atoms. The lowest BCUT2D eigenvalue weighted by atomic mass is 10.3. The molecule has 1 aromatic heterocycles. The van der Waals surface area contributed by atoms with Crippen LogP contribution in [0.2, 0.25) is 0 Å². The van der Waals surface area contributed by atoms with Gasteiger partial charge < -0.3 is 10.1 Å². The van der Waals surface area contributed by atoms with E-state index in [1.807, 2.05) is 13.8 Å². The number of aryl methyl sites for hydroxylation is 2. The fourth-order valence-corrected chi connectivity index (χ4v) is 2.02. The highest BCUT2D eigenvalue weighted by Gasteiger charge is 2.09. The molecule has 1 aromatic rings. The smallest absolute Gasteiger partial charge is 0.226 e. The van der Waals surface area contributed by atoms with Crippen molar-refractivity contribution in [1.82, 2.24) is 19.9 Å². The zero-order chi connectivity index (χ0) is 12.8. The van der Waals surface area contributed by atoms with Gasteiger partial charge in [-0.25, -0.2) is 4.98 Å². The highest BCUT2D eigenvalue weighted by atomic mass is 16.5. The van der Waals surface area contributed by atoms with E-state index in [0.717, 1.165) is 57.5 Å². The van der Waals surface area contributed by atoms with E-state index in [2.05, 4.69) is 25.2 Å². The Morgan fingerprint density at radius 3 is 2.44 bits per heavy atom. The minimum absolute atomic E-state index is 0.682. The molecule has 0 saturated carbocycles. The Kier molecular flexibility index (Phi) is 4.83. The van der Waals surface area contributed by atoms with Gasteiger partial charge in [-0.05, 0) is 26.8 Å². The fourth-order valence-electron chi connectivity index (χ4n) is 2.02. The van der Waals surface area contributed by atoms with Gasteiger partial charge in [0.15, 0.2) is 0 Å². The van der Waals surface area contributed by atoms with Gasteiger partial charge in [-0.1, -0.05) is 0 Å². The average molecular weight is 251 g/mol. The molecular formula is C12H21N5O. The van der Waals surface area contributed by atoms with Crippen LogP contribution >= 0.6 is 0 Å². The highest BCUT2D eigenvalue weighted by molar-refractivity contribution is 5.23. The standard InChI is InChI=1S/C12H21N5O/c1-10-14-11(2)16-12(15-10)13-4-3-5-17-6-8-18-9-7-17/h3-9H2,1-2H3,(H,13,14,15,16). The zero-order valence-corrected chi connectivity index (χ0v) is 11.1. The molecule has 1 aliphatic heterocycles. The Hall–Kier alpha value is -1.27. The quantitative estimate of drug-likeness (QED) is 0.774. The summed E-state index contributed by atoms with van der Waals surface area (Å²) in [7, 11) is 0. The topological polar surface area (TPSA) is 63.2 Å². The van der Waals surface area contributed by atoms with Crippen molar-refractivity contribution in [3.8, 4) is 0 Å². The van der Waals surface area contributed by atoms with Crippen LogP contribution in [0.4, 0.5) is 5.95 Å². The van der Waals surface area contributed by atoms with E-state index in [9.17, 15) is 0 Å². The van der Waals surface area contributed by atoms with Crippen molar-refractivity contribution in [3.63, 3.8) is 0 Å². The van der Waals surface area contributed by atoms with E-state index in [1.165, 1.54) is 0 Å². The van der Waals surface area contributed by atoms with Crippen molar-refractivity contribution in [3.05, 3.63) is 11.6 Å². The van der Waals surface area contributed by atoms with E-state index < -0.39 is 0 Å². The normalized spacial score (nSPS) is 16.8. The minimum atomic E-state index is 0.682. The number of ether oxygens (including phenoxy) is 1. The molecule has 1 N–H and O–H groups in total. The van der Waals surface area contributed by atoms with E-state index >= 15 is 0 Å². The Morgan fingerprint density at radius 2 is 1.78 bits per heavy atom. The molecule has 0 amide bonds. The van der Waals surface area contributed by atoms with Crippen LogP contribution in [0, 0.1) is 13.8 Å². The molecule has 1 aliphatic rings. The summed E-state index contributed by atoms with van der Waals surface area (Å²) in [5.41, 5.74) is 0. The van der Waals surface area contributed by atoms with Crippen molar-refractivity contribution in [1.29, 1.82) is 0 Å². The van der Waals surface area contributed by atoms with Crippen LogP contribution in [-0.2, 0) is 4.74 Å². The largest absolute Gasteiger partial charge is 0.379 e. The number of nitrogens with one attached hydrogen (secondary N) is 1. The summed E-state index contributed by atoms with van der Waals surface area (Å²) in [6.45, 7) is 9.56. The van der Waals surface area contributed by atoms with Gasteiger partial charge in [-0.2, -0.15) is 9.97 Å². The van der Waals surface area contributed by atoms with E-state index in [4.69, 9.17) is 4.74 Å². The van der Waals surface area contributed by atoms with Gasteiger partial charge in [-0.3, -0.25) is 4.90 Å². The van der Waals surface area contributed by atoms with Crippen molar-refractivity contribution >= 4 is 5.95 Å². The molecule has 1 fully saturated rings. The molecule has 0 unspecified atom stereocenters. The summed E-state index contributed by atoms with van der Waals surface area (Å²) in [6, 6.07) is 0. The Balaban J connectivity index is 1.68. The number of aromatic nitrogens is 3. The van der Waals surface area contributed by atoms with Crippen LogP contribution in [-0.4, -0.2) is 59.2 Å². The number of anilines is 1. The molecule has 100 valence electrons. The lowest BCUT2D eigenvalue weighted by Crippen LogP contribution is -2.37. The number of hydrogen-bond acceptors (Lipinski definition) is 6. The molecule has 2 rings (SSSR count). The summed E-state index contributed by atoms with van der Waals surface area (Å²) >= 11 is 0. The second-order valence-electron chi connectivity index (χ2n) is 4.49. The van der Waals surface area contributed by atoms with Gasteiger partial charge in [0.25, 0.3) is 0 Å². The van der Waals surface area contributed by atoms with Gasteiger partial charge in [0.2, 0.25) is 5.95 Å². The van der Waals surface area contributed by atoms with Gasteiger partial charge >= 0.3 is 0 Å². The molecule has 1 saturated heterocycles. The van der Waals surface area contributed by atoms with Crippen molar-refractivity contribution in [2.24, 2.45) is 0 Å². The summed E-state index contributed by atoms with van der Waals surface area (Å²) in [5, 5.41) is 3.25. The number of nitrogens with zero attached hydrogens (tertiary/aromatic N) is 4. The second kappa shape index (κ2) is 6.61. The van der Waals surface area contributed by atoms with E-state index in [1.54, 1.807) is 0 Å². The van der Waals surface area contributed by atoms with Crippen LogP contribution in [0.3, 0.4) is 0 Å². The Bertz CT molecular complexity index is 358. The number of hydrogen-bond donors (Lipinski definition) is 1. The van der Waals surface area contributed by atoms with Crippen molar-refractivity contribution in [2.75, 3.05) is 44.7 Å². The first-order chi connectivity index (χ1) is 8.74. The predicted octanol–water partition coefficient (Wildman–Crippen LogP) is 0.623. The summed E-state index contributed by atoms with van der Waals surface area (Å²) < 4.78 is 5.32. The van der Waals surface area contributed by atoms with E-state index in [0.29, 0.717) is 5.95 Å². The molecule has 0 spiro atoms. The maximum absolute atomic E-state index is 5.32. The highest BCUT2D eigenvalue weighted by Crippen LogP contribution is 2.01. The van der Waals surface area contributed by atoms with Crippen LogP contribution in [0.5, 0.6) is 0 Å². The van der Waals surface area contributed by atoms with Crippen molar-refractivity contribution in [2.45, 2.75) is 20.3 Å². The zero-order valence-electron chi connectivity index (χ0n) is 11.1. The first-order valence-corrected chi connectivity index (χ1v) is 6.47. The molecule has 0 atom stereocenters. The van der Waals surface area contributed by atoms with Crippen LogP contribution in [0.15, 0.2) is 0 Å². The SMILES string of the molecule is Cc1nc(C)nc(NCCCN2CCOCC2)n1. The molecular weight excluding hydrogens is 230 g/mol. The maximum atomic E-state index is 5.32. The van der Waals surface area contributed by atoms with Crippen LogP contribution in [0.25, 0.3) is 0 Å². The summed E-state index contributed by atoms with van der Waals surface area (Å²) in [4.78, 5) is 15.1. The molecule has 2 heterocycles. The molecule has 6 nitrogen and oxygen atoms in total. The fraction of sp³-hybridized carbons (Fsp3) is 0.750. The predicted molar refractivity (Wildman–Crippen MR) is 69.7 cm³/mol. The van der Waals surface area contributed by atoms with Gasteiger partial charge in [0.1, 0.15) is 11.6 Å². The molecule has 0 aliphatic carbocycles. The first kappa shape index (κ1) is 13.2. The Morgan fingerprint density at radius 1 is 1.11 bits per heavy atom. The number of rotatable bonds is 5. The average Bonchev–Trinajstić information content (AvgIpc) is 2.35. The third-order valence-corrected chi connectivity index (χ3v) is 2.90. The molecule has 6 heteroatoms. The van der Waals surface area contributed by atoms with Crippen LogP contribution in [0.1, 0.15) is 18.1 Å². The monoisotopic (exact) mass is 251 g/mol. The molecule has 0 bridgehead atoms. The van der Waals surface area contributed by atoms with Gasteiger partial charge in [0.05, 0.1) is 13.2 Å². The van der Waals surface area contributed by atoms with Gasteiger partial charge in [-0.15, -0.1) is 0 Å². The summed E-state index contributed by atoms with van der Waals surface area (Å²) in [6.07, 6.45) is 1.09. The third kappa shape index (κ3) is 4.19. The Labute approximate surface area is 108 Å². The van der Waals surface area contributed by atoms with Gasteiger partial charge in [0, 0.05) is 19.6 Å². The van der Waals surface area contributed by atoms with Crippen molar-refractivity contribution < 1.29 is 4.74 Å². The lowest BCUT2D eigenvalue weighted by Gasteiger charge is -2.26. The summed E-state index contributed by atoms with van der Waals surface area (Å²) in [5.74, 6) is 2.21. The maximum Gasteiger partial charge on any atom is 0.226 e. The first-order valence-electron chi connectivity index (χ1n) is 6.47. The lowest BCUT2D eigenvalue weighted by molar-refractivity contribution is 0.0378. The van der Waals surface area contributed by atoms with E-state index in [-0.39, 0.29) is 0 Å². The molecule has 0 aromatic carbocycles. The van der Waals surface area contributed by atoms with Crippen LogP contribution < -0.4 is 5.32 Å². The second-order valence-corrected chi connectivity index (χ2v) is 4.49.